The van der Waals surface area contributed by atoms with Gasteiger partial charge in [0.25, 0.3) is 0 Å². The maximum atomic E-state index is 8.99. The van der Waals surface area contributed by atoms with Crippen LogP contribution in [0, 0.1) is 16.7 Å². The van der Waals surface area contributed by atoms with Crippen LogP contribution in [0.2, 0.25) is 0 Å². The van der Waals surface area contributed by atoms with Gasteiger partial charge in [0.1, 0.15) is 0 Å². The zero-order chi connectivity index (χ0) is 14.1. The fourth-order valence-corrected chi connectivity index (χ4v) is 1.97. The van der Waals surface area contributed by atoms with Crippen molar-refractivity contribution in [2.45, 2.75) is 39.8 Å². The van der Waals surface area contributed by atoms with Crippen molar-refractivity contribution < 1.29 is 4.74 Å². The molecule has 1 aromatic heterocycles. The van der Waals surface area contributed by atoms with Gasteiger partial charge in [-0.15, -0.1) is 0 Å². The molecule has 1 N–H and O–H groups in total. The Labute approximate surface area is 116 Å². The molecule has 1 heterocycles. The average molecular weight is 263 g/mol. The monoisotopic (exact) mass is 263 g/mol. The molecule has 1 aromatic rings. The van der Waals surface area contributed by atoms with Crippen molar-refractivity contribution in [3.63, 3.8) is 0 Å². The molecule has 19 heavy (non-hydrogen) atoms. The van der Waals surface area contributed by atoms with E-state index in [0.29, 0.717) is 0 Å². The van der Waals surface area contributed by atoms with Gasteiger partial charge >= 0.3 is 0 Å². The Hall–Kier alpha value is -1.31. The molecule has 4 nitrogen and oxygen atoms in total. The summed E-state index contributed by atoms with van der Waals surface area (Å²) >= 11 is 0. The summed E-state index contributed by atoms with van der Waals surface area (Å²) in [5.74, 6) is 0. The van der Waals surface area contributed by atoms with Crippen molar-refractivity contribution >= 4 is 0 Å². The van der Waals surface area contributed by atoms with E-state index in [4.69, 9.17) is 10.00 Å². The zero-order valence-electron chi connectivity index (χ0n) is 12.3. The first-order valence-electron chi connectivity index (χ1n) is 6.84. The molecule has 0 fully saturated rings. The number of hydrogen-bond donors (Lipinski definition) is 1. The number of nitriles is 1. The van der Waals surface area contributed by atoms with Crippen LogP contribution < -0.4 is 5.32 Å². The quantitative estimate of drug-likeness (QED) is 0.697. The number of ether oxygens (including phenoxy) is 1. The van der Waals surface area contributed by atoms with E-state index >= 15 is 0 Å². The summed E-state index contributed by atoms with van der Waals surface area (Å²) in [5, 5.41) is 12.3. The molecule has 0 unspecified atom stereocenters. The molecule has 0 aliphatic carbocycles. The lowest BCUT2D eigenvalue weighted by atomic mass is 9.90. The summed E-state index contributed by atoms with van der Waals surface area (Å²) in [6.07, 6.45) is 4.06. The van der Waals surface area contributed by atoms with Gasteiger partial charge in [0, 0.05) is 38.6 Å². The number of nitrogens with zero attached hydrogens (tertiary/aromatic N) is 2. The minimum Gasteiger partial charge on any atom is -0.383 e. The second-order valence-electron chi connectivity index (χ2n) is 5.46. The Morgan fingerprint density at radius 2 is 2.26 bits per heavy atom. The lowest BCUT2D eigenvalue weighted by Crippen LogP contribution is -2.20. The largest absolute Gasteiger partial charge is 0.383 e. The Kier molecular flexibility index (Phi) is 6.61. The molecule has 0 saturated heterocycles. The predicted molar refractivity (Wildman–Crippen MR) is 76.6 cm³/mol. The Bertz CT molecular complexity index is 404. The minimum atomic E-state index is -0.218. The van der Waals surface area contributed by atoms with Gasteiger partial charge in [-0.05, 0) is 38.8 Å². The van der Waals surface area contributed by atoms with E-state index in [2.05, 4.69) is 34.3 Å². The van der Waals surface area contributed by atoms with Gasteiger partial charge in [-0.2, -0.15) is 5.26 Å². The highest BCUT2D eigenvalue weighted by Gasteiger charge is 2.15. The Balaban J connectivity index is 2.34. The third kappa shape index (κ3) is 5.91. The van der Waals surface area contributed by atoms with Gasteiger partial charge in [0.2, 0.25) is 0 Å². The maximum Gasteiger partial charge on any atom is 0.0683 e. The van der Waals surface area contributed by atoms with Gasteiger partial charge in [-0.3, -0.25) is 0 Å². The van der Waals surface area contributed by atoms with Crippen LogP contribution in [0.15, 0.2) is 18.3 Å². The van der Waals surface area contributed by atoms with Crippen LogP contribution >= 0.6 is 0 Å². The number of methoxy groups -OCH3 is 1. The topological polar surface area (TPSA) is 50.0 Å². The molecule has 0 saturated carbocycles. The molecular weight excluding hydrogens is 238 g/mol. The van der Waals surface area contributed by atoms with Crippen molar-refractivity contribution in [2.75, 3.05) is 20.3 Å². The second kappa shape index (κ2) is 7.98. The standard InChI is InChI=1S/C15H25N3O/c1-15(2,13-16)7-5-10-18-9-4-6-14(18)12-17-8-11-19-3/h4,6,9,17H,5,7-8,10-12H2,1-3H3. The molecule has 0 aromatic carbocycles. The van der Waals surface area contributed by atoms with Gasteiger partial charge in [-0.1, -0.05) is 0 Å². The molecule has 0 radical (unpaired) electrons. The van der Waals surface area contributed by atoms with Crippen molar-refractivity contribution in [3.05, 3.63) is 24.0 Å². The zero-order valence-corrected chi connectivity index (χ0v) is 12.3. The minimum absolute atomic E-state index is 0.218. The van der Waals surface area contributed by atoms with Crippen LogP contribution in [-0.2, 0) is 17.8 Å². The first-order chi connectivity index (χ1) is 9.09. The first kappa shape index (κ1) is 15.7. The fourth-order valence-electron chi connectivity index (χ4n) is 1.97. The van der Waals surface area contributed by atoms with E-state index in [1.165, 1.54) is 5.69 Å². The Morgan fingerprint density at radius 1 is 1.47 bits per heavy atom. The van der Waals surface area contributed by atoms with Crippen LogP contribution in [0.5, 0.6) is 0 Å². The Morgan fingerprint density at radius 3 is 2.95 bits per heavy atom. The van der Waals surface area contributed by atoms with Gasteiger partial charge in [0.05, 0.1) is 18.1 Å². The molecule has 0 aliphatic rings. The first-order valence-corrected chi connectivity index (χ1v) is 6.84. The van der Waals surface area contributed by atoms with E-state index in [1.807, 2.05) is 13.8 Å². The van der Waals surface area contributed by atoms with E-state index in [1.54, 1.807) is 7.11 Å². The second-order valence-corrected chi connectivity index (χ2v) is 5.46. The van der Waals surface area contributed by atoms with Crippen LogP contribution in [0.3, 0.4) is 0 Å². The van der Waals surface area contributed by atoms with Crippen molar-refractivity contribution in [2.24, 2.45) is 5.41 Å². The summed E-state index contributed by atoms with van der Waals surface area (Å²) < 4.78 is 7.26. The molecule has 4 heteroatoms. The van der Waals surface area contributed by atoms with Crippen LogP contribution in [0.25, 0.3) is 0 Å². The van der Waals surface area contributed by atoms with E-state index < -0.39 is 0 Å². The van der Waals surface area contributed by atoms with Gasteiger partial charge in [-0.25, -0.2) is 0 Å². The molecule has 0 bridgehead atoms. The van der Waals surface area contributed by atoms with E-state index in [0.717, 1.165) is 39.1 Å². The molecule has 0 amide bonds. The maximum absolute atomic E-state index is 8.99. The third-order valence-corrected chi connectivity index (χ3v) is 3.22. The molecule has 0 aliphatic heterocycles. The predicted octanol–water partition coefficient (Wildman–Crippen LogP) is 2.55. The number of aromatic nitrogens is 1. The smallest absolute Gasteiger partial charge is 0.0683 e. The van der Waals surface area contributed by atoms with Crippen LogP contribution in [0.1, 0.15) is 32.4 Å². The number of hydrogen-bond acceptors (Lipinski definition) is 3. The average Bonchev–Trinajstić information content (AvgIpc) is 2.82. The summed E-state index contributed by atoms with van der Waals surface area (Å²) in [5.41, 5.74) is 1.06. The van der Waals surface area contributed by atoms with Crippen LogP contribution in [-0.4, -0.2) is 24.8 Å². The number of nitrogens with one attached hydrogen (secondary N) is 1. The normalized spacial score (nSPS) is 11.5. The SMILES string of the molecule is COCCNCc1cccn1CCCC(C)(C)C#N. The highest BCUT2D eigenvalue weighted by Crippen LogP contribution is 2.21. The molecule has 106 valence electrons. The lowest BCUT2D eigenvalue weighted by molar-refractivity contribution is 0.199. The fraction of sp³-hybridized carbons (Fsp3) is 0.667. The highest BCUT2D eigenvalue weighted by molar-refractivity contribution is 5.07. The molecule has 1 rings (SSSR count). The van der Waals surface area contributed by atoms with E-state index in [-0.39, 0.29) is 5.41 Å². The molecular formula is C15H25N3O. The molecule has 0 spiro atoms. The van der Waals surface area contributed by atoms with Gasteiger partial charge < -0.3 is 14.6 Å². The van der Waals surface area contributed by atoms with Crippen LogP contribution in [0.4, 0.5) is 0 Å². The highest BCUT2D eigenvalue weighted by atomic mass is 16.5. The third-order valence-electron chi connectivity index (χ3n) is 3.22. The van der Waals surface area contributed by atoms with Crippen molar-refractivity contribution in [1.29, 1.82) is 5.26 Å². The lowest BCUT2D eigenvalue weighted by Gasteiger charge is -2.16. The number of aryl methyl sites for hydroxylation is 1. The summed E-state index contributed by atoms with van der Waals surface area (Å²) in [7, 11) is 1.71. The summed E-state index contributed by atoms with van der Waals surface area (Å²) in [4.78, 5) is 0. The summed E-state index contributed by atoms with van der Waals surface area (Å²) in [6, 6.07) is 6.56. The van der Waals surface area contributed by atoms with Gasteiger partial charge in [0.15, 0.2) is 0 Å². The summed E-state index contributed by atoms with van der Waals surface area (Å²) in [6.45, 7) is 7.42. The van der Waals surface area contributed by atoms with Crippen molar-refractivity contribution in [3.8, 4) is 6.07 Å². The molecule has 0 atom stereocenters. The number of rotatable bonds is 9. The van der Waals surface area contributed by atoms with Crippen molar-refractivity contribution in [1.82, 2.24) is 9.88 Å². The van der Waals surface area contributed by atoms with E-state index in [9.17, 15) is 0 Å².